The zero-order chi connectivity index (χ0) is 12.4. The summed E-state index contributed by atoms with van der Waals surface area (Å²) in [6, 6.07) is 1.96. The van der Waals surface area contributed by atoms with Crippen LogP contribution in [0.3, 0.4) is 0 Å². The van der Waals surface area contributed by atoms with Crippen molar-refractivity contribution in [3.05, 3.63) is 27.8 Å². The molecule has 0 unspecified atom stereocenters. The van der Waals surface area contributed by atoms with Crippen molar-refractivity contribution in [2.75, 3.05) is 5.32 Å². The fourth-order valence-electron chi connectivity index (χ4n) is 1.30. The Hall–Kier alpha value is -2.20. The first kappa shape index (κ1) is 11.3. The maximum atomic E-state index is 11.8. The Balaban J connectivity index is 2.21. The van der Waals surface area contributed by atoms with E-state index >= 15 is 0 Å². The minimum atomic E-state index is -0.357. The van der Waals surface area contributed by atoms with Gasteiger partial charge in [-0.05, 0) is 6.92 Å². The van der Waals surface area contributed by atoms with E-state index in [1.807, 2.05) is 13.0 Å². The molecular weight excluding hydrogens is 238 g/mol. The Morgan fingerprint density at radius 1 is 1.65 bits per heavy atom. The third-order valence-corrected chi connectivity index (χ3v) is 2.81. The second-order valence-electron chi connectivity index (χ2n) is 3.38. The van der Waals surface area contributed by atoms with Crippen LogP contribution in [0.4, 0.5) is 5.82 Å². The molecule has 86 valence electrons. The first-order chi connectivity index (χ1) is 8.10. The Bertz CT molecular complexity index is 606. The highest BCUT2D eigenvalue weighted by molar-refractivity contribution is 7.09. The highest BCUT2D eigenvalue weighted by Crippen LogP contribution is 2.14. The van der Waals surface area contributed by atoms with Crippen molar-refractivity contribution in [3.63, 3.8) is 0 Å². The number of hydrogen-bond acceptors (Lipinski definition) is 5. The zero-order valence-corrected chi connectivity index (χ0v) is 10.1. The largest absolute Gasteiger partial charge is 0.303 e. The Kier molecular flexibility index (Phi) is 2.89. The lowest BCUT2D eigenvalue weighted by Crippen LogP contribution is -2.13. The first-order valence-electron chi connectivity index (χ1n) is 4.77. The van der Waals surface area contributed by atoms with Crippen molar-refractivity contribution in [3.8, 4) is 6.07 Å². The van der Waals surface area contributed by atoms with Gasteiger partial charge >= 0.3 is 0 Å². The van der Waals surface area contributed by atoms with Gasteiger partial charge in [-0.2, -0.15) is 10.4 Å². The smallest absolute Gasteiger partial charge is 0.276 e. The minimum Gasteiger partial charge on any atom is -0.303 e. The van der Waals surface area contributed by atoms with Crippen molar-refractivity contribution >= 4 is 23.1 Å². The molecule has 0 aliphatic rings. The van der Waals surface area contributed by atoms with Crippen LogP contribution in [0.2, 0.25) is 0 Å². The summed E-state index contributed by atoms with van der Waals surface area (Å²) in [5.74, 6) is -0.102. The topological polar surface area (TPSA) is 83.6 Å². The van der Waals surface area contributed by atoms with Gasteiger partial charge < -0.3 is 5.32 Å². The van der Waals surface area contributed by atoms with E-state index in [1.54, 1.807) is 18.6 Å². The molecule has 0 aliphatic carbocycles. The molecule has 0 spiro atoms. The lowest BCUT2D eigenvalue weighted by Gasteiger charge is -1.98. The summed E-state index contributed by atoms with van der Waals surface area (Å²) in [6.07, 6.45) is 1.54. The summed E-state index contributed by atoms with van der Waals surface area (Å²) in [6.45, 7) is 1.82. The monoisotopic (exact) mass is 247 g/mol. The fraction of sp³-hybridized carbons (Fsp3) is 0.200. The normalized spacial score (nSPS) is 9.94. The van der Waals surface area contributed by atoms with Gasteiger partial charge in [-0.15, -0.1) is 11.3 Å². The Morgan fingerprint density at radius 2 is 2.41 bits per heavy atom. The first-order valence-corrected chi connectivity index (χ1v) is 5.65. The highest BCUT2D eigenvalue weighted by Gasteiger charge is 2.14. The molecule has 7 heteroatoms. The molecular formula is C10H9N5OS. The van der Waals surface area contributed by atoms with Crippen molar-refractivity contribution in [1.29, 1.82) is 5.26 Å². The number of nitriles is 1. The van der Waals surface area contributed by atoms with Gasteiger partial charge in [0.2, 0.25) is 0 Å². The number of aryl methyl sites for hydroxylation is 2. The molecule has 0 fully saturated rings. The molecule has 0 atom stereocenters. The lowest BCUT2D eigenvalue weighted by atomic mass is 10.3. The van der Waals surface area contributed by atoms with E-state index in [0.717, 1.165) is 5.01 Å². The van der Waals surface area contributed by atoms with E-state index < -0.39 is 0 Å². The van der Waals surface area contributed by atoms with Gasteiger partial charge in [-0.25, -0.2) is 4.98 Å². The van der Waals surface area contributed by atoms with Crippen LogP contribution < -0.4 is 5.32 Å². The standard InChI is InChI=1S/C10H9N5OS/c1-6-12-8(5-17-6)10(16)13-9-7(3-11)4-15(2)14-9/h4-5H,1-2H3,(H,13,14,16). The number of aromatic nitrogens is 3. The molecule has 2 aromatic rings. The number of amides is 1. The Labute approximate surface area is 102 Å². The quantitative estimate of drug-likeness (QED) is 0.867. The maximum absolute atomic E-state index is 11.8. The molecule has 2 aromatic heterocycles. The molecule has 0 radical (unpaired) electrons. The predicted octanol–water partition coefficient (Wildman–Crippen LogP) is 1.31. The minimum absolute atomic E-state index is 0.255. The number of carbonyl (C=O) groups excluding carboxylic acids is 1. The third kappa shape index (κ3) is 2.32. The van der Waals surface area contributed by atoms with Crippen LogP contribution in [0.15, 0.2) is 11.6 Å². The molecule has 0 saturated carbocycles. The number of thiazole rings is 1. The zero-order valence-electron chi connectivity index (χ0n) is 9.26. The van der Waals surface area contributed by atoms with Crippen LogP contribution in [0.1, 0.15) is 21.1 Å². The lowest BCUT2D eigenvalue weighted by molar-refractivity contribution is 0.102. The van der Waals surface area contributed by atoms with E-state index in [2.05, 4.69) is 15.4 Å². The molecule has 0 saturated heterocycles. The molecule has 1 amide bonds. The van der Waals surface area contributed by atoms with E-state index in [1.165, 1.54) is 16.0 Å². The van der Waals surface area contributed by atoms with Crippen LogP contribution in [-0.2, 0) is 7.05 Å². The molecule has 2 rings (SSSR count). The van der Waals surface area contributed by atoms with Crippen LogP contribution in [0.5, 0.6) is 0 Å². The molecule has 0 aliphatic heterocycles. The number of nitrogens with one attached hydrogen (secondary N) is 1. The van der Waals surface area contributed by atoms with Crippen LogP contribution in [-0.4, -0.2) is 20.7 Å². The molecule has 0 aromatic carbocycles. The molecule has 17 heavy (non-hydrogen) atoms. The number of nitrogens with zero attached hydrogens (tertiary/aromatic N) is 4. The second-order valence-corrected chi connectivity index (χ2v) is 4.44. The number of hydrogen-bond donors (Lipinski definition) is 1. The molecule has 6 nitrogen and oxygen atoms in total. The fourth-order valence-corrected chi connectivity index (χ4v) is 1.89. The van der Waals surface area contributed by atoms with Crippen molar-refractivity contribution in [1.82, 2.24) is 14.8 Å². The van der Waals surface area contributed by atoms with Crippen molar-refractivity contribution in [2.24, 2.45) is 7.05 Å². The molecule has 2 heterocycles. The van der Waals surface area contributed by atoms with Gasteiger partial charge in [0.25, 0.3) is 5.91 Å². The third-order valence-electron chi connectivity index (χ3n) is 2.03. The van der Waals surface area contributed by atoms with E-state index in [-0.39, 0.29) is 11.7 Å². The maximum Gasteiger partial charge on any atom is 0.276 e. The highest BCUT2D eigenvalue weighted by atomic mass is 32.1. The van der Waals surface area contributed by atoms with Crippen LogP contribution in [0, 0.1) is 18.3 Å². The number of rotatable bonds is 2. The van der Waals surface area contributed by atoms with Gasteiger partial charge in [-0.1, -0.05) is 0 Å². The molecule has 1 N–H and O–H groups in total. The summed E-state index contributed by atoms with van der Waals surface area (Å²) < 4.78 is 1.47. The van der Waals surface area contributed by atoms with E-state index in [9.17, 15) is 4.79 Å². The summed E-state index contributed by atoms with van der Waals surface area (Å²) in [4.78, 5) is 15.8. The van der Waals surface area contributed by atoms with Crippen LogP contribution in [0.25, 0.3) is 0 Å². The number of carbonyl (C=O) groups is 1. The predicted molar refractivity (Wildman–Crippen MR) is 62.7 cm³/mol. The second kappa shape index (κ2) is 4.35. The number of anilines is 1. The summed E-state index contributed by atoms with van der Waals surface area (Å²) in [5, 5.41) is 17.9. The summed E-state index contributed by atoms with van der Waals surface area (Å²) >= 11 is 1.40. The van der Waals surface area contributed by atoms with Gasteiger partial charge in [0.15, 0.2) is 5.82 Å². The van der Waals surface area contributed by atoms with Gasteiger partial charge in [0.1, 0.15) is 17.3 Å². The summed E-state index contributed by atoms with van der Waals surface area (Å²) in [5.41, 5.74) is 0.662. The molecule has 0 bridgehead atoms. The van der Waals surface area contributed by atoms with Crippen molar-refractivity contribution < 1.29 is 4.79 Å². The Morgan fingerprint density at radius 3 is 3.00 bits per heavy atom. The van der Waals surface area contributed by atoms with Gasteiger partial charge in [0.05, 0.1) is 5.01 Å². The van der Waals surface area contributed by atoms with Gasteiger partial charge in [-0.3, -0.25) is 9.48 Å². The average Bonchev–Trinajstić information content (AvgIpc) is 2.85. The average molecular weight is 247 g/mol. The van der Waals surface area contributed by atoms with Crippen molar-refractivity contribution in [2.45, 2.75) is 6.92 Å². The van der Waals surface area contributed by atoms with E-state index in [4.69, 9.17) is 5.26 Å². The van der Waals surface area contributed by atoms with Crippen LogP contribution >= 0.6 is 11.3 Å². The van der Waals surface area contributed by atoms with Gasteiger partial charge in [0, 0.05) is 18.6 Å². The SMILES string of the molecule is Cc1nc(C(=O)Nc2nn(C)cc2C#N)cs1. The summed E-state index contributed by atoms with van der Waals surface area (Å²) in [7, 11) is 1.68. The van der Waals surface area contributed by atoms with E-state index in [0.29, 0.717) is 11.3 Å².